The van der Waals surface area contributed by atoms with Crippen LogP contribution >= 0.6 is 0 Å². The van der Waals surface area contributed by atoms with Crippen LogP contribution in [-0.2, 0) is 6.42 Å². The van der Waals surface area contributed by atoms with E-state index in [0.29, 0.717) is 6.04 Å². The first-order valence-electron chi connectivity index (χ1n) is 10.7. The standard InChI is InChI=1S/C24H32N2O/c1-2-8-22-19-20-9-3-4-10-24(20)26(22)21-11-13-23(14-12-21)27-18-7-17-25-15-5-6-16-25/h3-4,9-14,22H,2,5-8,15-19H2,1H3. The first kappa shape index (κ1) is 18.4. The van der Waals surface area contributed by atoms with Crippen LogP contribution in [0.3, 0.4) is 0 Å². The summed E-state index contributed by atoms with van der Waals surface area (Å²) in [5.41, 5.74) is 4.12. The maximum Gasteiger partial charge on any atom is 0.119 e. The summed E-state index contributed by atoms with van der Waals surface area (Å²) in [7, 11) is 0. The molecule has 1 saturated heterocycles. The molecule has 2 heterocycles. The van der Waals surface area contributed by atoms with Gasteiger partial charge in [-0.05, 0) is 81.1 Å². The van der Waals surface area contributed by atoms with E-state index in [2.05, 4.69) is 65.3 Å². The highest BCUT2D eigenvalue weighted by Gasteiger charge is 2.29. The average molecular weight is 365 g/mol. The van der Waals surface area contributed by atoms with Gasteiger partial charge in [-0.1, -0.05) is 31.5 Å². The van der Waals surface area contributed by atoms with Gasteiger partial charge in [0.1, 0.15) is 5.75 Å². The molecule has 2 aromatic rings. The summed E-state index contributed by atoms with van der Waals surface area (Å²) in [5, 5.41) is 0. The van der Waals surface area contributed by atoms with Gasteiger partial charge < -0.3 is 14.5 Å². The monoisotopic (exact) mass is 364 g/mol. The number of benzene rings is 2. The fourth-order valence-corrected chi connectivity index (χ4v) is 4.56. The lowest BCUT2D eigenvalue weighted by Gasteiger charge is -2.27. The number of ether oxygens (including phenoxy) is 1. The van der Waals surface area contributed by atoms with Crippen molar-refractivity contribution in [2.45, 2.75) is 51.5 Å². The van der Waals surface area contributed by atoms with Crippen LogP contribution in [0.4, 0.5) is 11.4 Å². The molecule has 0 saturated carbocycles. The Hall–Kier alpha value is -2.00. The number of para-hydroxylation sites is 1. The highest BCUT2D eigenvalue weighted by molar-refractivity contribution is 5.71. The van der Waals surface area contributed by atoms with Gasteiger partial charge >= 0.3 is 0 Å². The SMILES string of the molecule is CCCC1Cc2ccccc2N1c1ccc(OCCCN2CCCC2)cc1. The molecule has 3 heteroatoms. The van der Waals surface area contributed by atoms with Crippen molar-refractivity contribution in [3.8, 4) is 5.75 Å². The van der Waals surface area contributed by atoms with E-state index < -0.39 is 0 Å². The normalized spacial score (nSPS) is 19.4. The second-order valence-corrected chi connectivity index (χ2v) is 7.89. The molecule has 1 atom stereocenters. The van der Waals surface area contributed by atoms with Crippen LogP contribution < -0.4 is 9.64 Å². The van der Waals surface area contributed by atoms with Crippen molar-refractivity contribution in [3.63, 3.8) is 0 Å². The Morgan fingerprint density at radius 3 is 2.56 bits per heavy atom. The first-order valence-corrected chi connectivity index (χ1v) is 10.7. The lowest BCUT2D eigenvalue weighted by atomic mass is 10.1. The lowest BCUT2D eigenvalue weighted by Crippen LogP contribution is -2.27. The molecule has 1 fully saturated rings. The van der Waals surface area contributed by atoms with E-state index in [1.54, 1.807) is 0 Å². The van der Waals surface area contributed by atoms with Crippen LogP contribution in [0.25, 0.3) is 0 Å². The Balaban J connectivity index is 1.37. The number of nitrogens with zero attached hydrogens (tertiary/aromatic N) is 2. The second kappa shape index (κ2) is 8.79. The fourth-order valence-electron chi connectivity index (χ4n) is 4.56. The van der Waals surface area contributed by atoms with Gasteiger partial charge in [0, 0.05) is 24.0 Å². The molecular weight excluding hydrogens is 332 g/mol. The van der Waals surface area contributed by atoms with Crippen molar-refractivity contribution in [2.75, 3.05) is 31.1 Å². The van der Waals surface area contributed by atoms with E-state index in [9.17, 15) is 0 Å². The summed E-state index contributed by atoms with van der Waals surface area (Å²) in [6.07, 6.45) is 7.43. The molecule has 144 valence electrons. The second-order valence-electron chi connectivity index (χ2n) is 7.89. The molecule has 0 spiro atoms. The summed E-state index contributed by atoms with van der Waals surface area (Å²) >= 11 is 0. The van der Waals surface area contributed by atoms with Gasteiger partial charge in [-0.15, -0.1) is 0 Å². The first-order chi connectivity index (χ1) is 13.3. The molecule has 0 N–H and O–H groups in total. The number of hydrogen-bond donors (Lipinski definition) is 0. The average Bonchev–Trinajstić information content (AvgIpc) is 3.33. The molecule has 2 aliphatic rings. The summed E-state index contributed by atoms with van der Waals surface area (Å²) in [5.74, 6) is 0.986. The summed E-state index contributed by atoms with van der Waals surface area (Å²) in [6, 6.07) is 18.1. The molecule has 0 aromatic heterocycles. The van der Waals surface area contributed by atoms with Crippen LogP contribution in [0.15, 0.2) is 48.5 Å². The summed E-state index contributed by atoms with van der Waals surface area (Å²) in [6.45, 7) is 6.79. The number of anilines is 2. The van der Waals surface area contributed by atoms with E-state index >= 15 is 0 Å². The number of likely N-dealkylation sites (tertiary alicyclic amines) is 1. The molecule has 0 bridgehead atoms. The smallest absolute Gasteiger partial charge is 0.119 e. The maximum atomic E-state index is 5.98. The van der Waals surface area contributed by atoms with E-state index in [-0.39, 0.29) is 0 Å². The predicted molar refractivity (Wildman–Crippen MR) is 113 cm³/mol. The van der Waals surface area contributed by atoms with Crippen LogP contribution in [-0.4, -0.2) is 37.2 Å². The number of hydrogen-bond acceptors (Lipinski definition) is 3. The van der Waals surface area contributed by atoms with Crippen molar-refractivity contribution in [1.82, 2.24) is 4.90 Å². The van der Waals surface area contributed by atoms with Crippen molar-refractivity contribution in [2.24, 2.45) is 0 Å². The topological polar surface area (TPSA) is 15.7 Å². The van der Waals surface area contributed by atoms with Crippen LogP contribution in [0.2, 0.25) is 0 Å². The van der Waals surface area contributed by atoms with Crippen LogP contribution in [0, 0.1) is 0 Å². The van der Waals surface area contributed by atoms with Crippen molar-refractivity contribution >= 4 is 11.4 Å². The third kappa shape index (κ3) is 4.30. The maximum absolute atomic E-state index is 5.98. The highest BCUT2D eigenvalue weighted by Crippen LogP contribution is 2.40. The minimum Gasteiger partial charge on any atom is -0.494 e. The molecule has 0 amide bonds. The molecule has 2 aliphatic heterocycles. The Morgan fingerprint density at radius 2 is 1.78 bits per heavy atom. The predicted octanol–water partition coefficient (Wildman–Crippen LogP) is 5.41. The molecule has 27 heavy (non-hydrogen) atoms. The lowest BCUT2D eigenvalue weighted by molar-refractivity contribution is 0.263. The van der Waals surface area contributed by atoms with Crippen molar-refractivity contribution in [3.05, 3.63) is 54.1 Å². The Kier molecular flexibility index (Phi) is 5.98. The largest absolute Gasteiger partial charge is 0.494 e. The van der Waals surface area contributed by atoms with Gasteiger partial charge in [-0.2, -0.15) is 0 Å². The summed E-state index contributed by atoms with van der Waals surface area (Å²) in [4.78, 5) is 5.07. The zero-order valence-electron chi connectivity index (χ0n) is 16.6. The minimum atomic E-state index is 0.569. The molecule has 3 nitrogen and oxygen atoms in total. The van der Waals surface area contributed by atoms with Gasteiger partial charge in [-0.25, -0.2) is 0 Å². The summed E-state index contributed by atoms with van der Waals surface area (Å²) < 4.78 is 5.98. The molecule has 2 aromatic carbocycles. The third-order valence-corrected chi connectivity index (χ3v) is 5.89. The molecular formula is C24H32N2O. The van der Waals surface area contributed by atoms with E-state index in [0.717, 1.165) is 25.2 Å². The van der Waals surface area contributed by atoms with Gasteiger partial charge in [-0.3, -0.25) is 0 Å². The number of rotatable bonds is 8. The Bertz CT molecular complexity index is 721. The highest BCUT2D eigenvalue weighted by atomic mass is 16.5. The van der Waals surface area contributed by atoms with E-state index in [1.807, 2.05) is 0 Å². The molecule has 4 rings (SSSR count). The van der Waals surface area contributed by atoms with Gasteiger partial charge in [0.25, 0.3) is 0 Å². The zero-order valence-corrected chi connectivity index (χ0v) is 16.6. The zero-order chi connectivity index (χ0) is 18.5. The number of fused-ring (bicyclic) bond motifs is 1. The molecule has 0 radical (unpaired) electrons. The van der Waals surface area contributed by atoms with Crippen molar-refractivity contribution in [1.29, 1.82) is 0 Å². The van der Waals surface area contributed by atoms with E-state index in [1.165, 1.54) is 62.3 Å². The van der Waals surface area contributed by atoms with Gasteiger partial charge in [0.05, 0.1) is 6.61 Å². The molecule has 1 unspecified atom stereocenters. The quantitative estimate of drug-likeness (QED) is 0.582. The van der Waals surface area contributed by atoms with E-state index in [4.69, 9.17) is 4.74 Å². The van der Waals surface area contributed by atoms with Gasteiger partial charge in [0.2, 0.25) is 0 Å². The Morgan fingerprint density at radius 1 is 1.00 bits per heavy atom. The molecule has 0 aliphatic carbocycles. The van der Waals surface area contributed by atoms with Crippen LogP contribution in [0.5, 0.6) is 5.75 Å². The van der Waals surface area contributed by atoms with Crippen molar-refractivity contribution < 1.29 is 4.74 Å². The third-order valence-electron chi connectivity index (χ3n) is 5.89. The fraction of sp³-hybridized carbons (Fsp3) is 0.500. The van der Waals surface area contributed by atoms with Gasteiger partial charge in [0.15, 0.2) is 0 Å². The Labute approximate surface area is 163 Å². The van der Waals surface area contributed by atoms with Crippen LogP contribution in [0.1, 0.15) is 44.6 Å². The minimum absolute atomic E-state index is 0.569.